The molecule has 4 atom stereocenters. The molecule has 186 valence electrons. The van der Waals surface area contributed by atoms with Crippen LogP contribution in [0.2, 0.25) is 0 Å². The van der Waals surface area contributed by atoms with Gasteiger partial charge < -0.3 is 25.2 Å². The monoisotopic (exact) mass is 464 g/mol. The summed E-state index contributed by atoms with van der Waals surface area (Å²) in [7, 11) is 1.00. The van der Waals surface area contributed by atoms with Gasteiger partial charge in [-0.1, -0.05) is 69.9 Å². The van der Waals surface area contributed by atoms with Crippen molar-refractivity contribution in [2.24, 2.45) is 0 Å². The van der Waals surface area contributed by atoms with Gasteiger partial charge in [0.05, 0.1) is 18.7 Å². The minimum absolute atomic E-state index is 0.265. The van der Waals surface area contributed by atoms with E-state index in [1.54, 1.807) is 12.2 Å². The fraction of sp³-hybridized carbons (Fsp3) is 0.560. The van der Waals surface area contributed by atoms with Crippen LogP contribution >= 0.6 is 0 Å². The van der Waals surface area contributed by atoms with Gasteiger partial charge >= 0.3 is 6.03 Å². The van der Waals surface area contributed by atoms with Crippen molar-refractivity contribution >= 4 is 6.03 Å². The largest absolute Gasteiger partial charge is 0.400 e. The number of carbonyl (C=O) groups is 1. The quantitative estimate of drug-likeness (QED) is 0.433. The molecule has 2 amide bonds. The molecule has 33 heavy (non-hydrogen) atoms. The molecule has 0 aromatic carbocycles. The molecular weight excluding hydrogens is 422 g/mol. The Morgan fingerprint density at radius 1 is 1.21 bits per heavy atom. The van der Waals surface area contributed by atoms with Crippen molar-refractivity contribution in [1.82, 2.24) is 10.6 Å². The number of rotatable bonds is 7. The van der Waals surface area contributed by atoms with Gasteiger partial charge in [0.15, 0.2) is 5.79 Å². The molecule has 0 spiro atoms. The molecule has 8 nitrogen and oxygen atoms in total. The van der Waals surface area contributed by atoms with E-state index in [0.717, 1.165) is 19.1 Å². The fourth-order valence-electron chi connectivity index (χ4n) is 3.14. The lowest BCUT2D eigenvalue weighted by Gasteiger charge is -2.41. The van der Waals surface area contributed by atoms with Crippen molar-refractivity contribution < 1.29 is 24.6 Å². The zero-order valence-corrected chi connectivity index (χ0v) is 20.8. The third-order valence-electron chi connectivity index (χ3n) is 4.64. The van der Waals surface area contributed by atoms with Crippen LogP contribution in [0.5, 0.6) is 0 Å². The van der Waals surface area contributed by atoms with Crippen molar-refractivity contribution in [2.75, 3.05) is 13.7 Å². The predicted molar refractivity (Wildman–Crippen MR) is 132 cm³/mol. The number of aliphatic hydroxyl groups is 1. The number of allylic oxidation sites excluding steroid dienone is 5. The van der Waals surface area contributed by atoms with E-state index in [9.17, 15) is 9.70 Å². The number of amides is 2. The highest BCUT2D eigenvalue weighted by Gasteiger charge is 2.38. The summed E-state index contributed by atoms with van der Waals surface area (Å²) in [5, 5.41) is 14.8. The van der Waals surface area contributed by atoms with Crippen molar-refractivity contribution in [3.63, 3.8) is 0 Å². The fourth-order valence-corrected chi connectivity index (χ4v) is 3.14. The SMILES string of the molecule is C=C(/C=C\C=C/CC)C1OC(C)(C)OCC1NC(=O)NC1C=CC=CC([NH+]=O)C1.CC.CO. The molecule has 1 heterocycles. The van der Waals surface area contributed by atoms with Crippen LogP contribution in [0.25, 0.3) is 0 Å². The molecule has 1 aliphatic carbocycles. The molecule has 0 radical (unpaired) electrons. The summed E-state index contributed by atoms with van der Waals surface area (Å²) in [6.07, 6.45) is 16.0. The van der Waals surface area contributed by atoms with Crippen molar-refractivity contribution in [1.29, 1.82) is 0 Å². The Kier molecular flexibility index (Phi) is 15.7. The molecule has 0 aromatic heterocycles. The van der Waals surface area contributed by atoms with Gasteiger partial charge in [-0.15, -0.1) is 0 Å². The maximum absolute atomic E-state index is 12.6. The molecule has 2 rings (SSSR count). The van der Waals surface area contributed by atoms with E-state index in [4.69, 9.17) is 14.6 Å². The first kappa shape index (κ1) is 30.4. The lowest BCUT2D eigenvalue weighted by molar-refractivity contribution is -0.512. The van der Waals surface area contributed by atoms with Gasteiger partial charge in [0.1, 0.15) is 6.10 Å². The van der Waals surface area contributed by atoms with E-state index >= 15 is 0 Å². The summed E-state index contributed by atoms with van der Waals surface area (Å²) in [4.78, 5) is 23.6. The number of hydrogen-bond donors (Lipinski definition) is 4. The number of nitrogens with one attached hydrogen (secondary N) is 3. The number of nitroso groups, excluding NO2 is 1. The summed E-state index contributed by atoms with van der Waals surface area (Å²) < 4.78 is 11.8. The van der Waals surface area contributed by atoms with Gasteiger partial charge in [-0.3, -0.25) is 0 Å². The molecular formula is C25H42N3O5+. The average molecular weight is 465 g/mol. The molecule has 4 N–H and O–H groups in total. The number of urea groups is 1. The minimum atomic E-state index is -0.766. The van der Waals surface area contributed by atoms with Crippen LogP contribution in [0, 0.1) is 4.91 Å². The number of aliphatic hydroxyl groups excluding tert-OH is 1. The molecule has 1 aliphatic heterocycles. The maximum Gasteiger partial charge on any atom is 0.315 e. The molecule has 1 fully saturated rings. The van der Waals surface area contributed by atoms with Gasteiger partial charge in [-0.25, -0.2) is 4.79 Å². The highest BCUT2D eigenvalue weighted by molar-refractivity contribution is 5.75. The number of hydrogen-bond acceptors (Lipinski definition) is 5. The third kappa shape index (κ3) is 11.8. The average Bonchev–Trinajstić information content (AvgIpc) is 3.05. The van der Waals surface area contributed by atoms with E-state index in [1.807, 2.05) is 69.3 Å². The van der Waals surface area contributed by atoms with E-state index in [1.165, 1.54) is 0 Å². The van der Waals surface area contributed by atoms with Crippen LogP contribution in [0.3, 0.4) is 0 Å². The molecule has 0 aromatic rings. The second-order valence-corrected chi connectivity index (χ2v) is 7.58. The second kappa shape index (κ2) is 17.0. The maximum atomic E-state index is 12.6. The first-order valence-electron chi connectivity index (χ1n) is 11.4. The van der Waals surface area contributed by atoms with Crippen LogP contribution in [-0.2, 0) is 9.47 Å². The van der Waals surface area contributed by atoms with Crippen molar-refractivity contribution in [3.05, 3.63) is 65.7 Å². The first-order valence-corrected chi connectivity index (χ1v) is 11.4. The highest BCUT2D eigenvalue weighted by Crippen LogP contribution is 2.26. The molecule has 8 heteroatoms. The number of ether oxygens (including phenoxy) is 2. The van der Waals surface area contributed by atoms with Crippen LogP contribution < -0.4 is 15.8 Å². The zero-order valence-electron chi connectivity index (χ0n) is 20.8. The van der Waals surface area contributed by atoms with Gasteiger partial charge in [0, 0.05) is 18.4 Å². The van der Waals surface area contributed by atoms with Gasteiger partial charge in [-0.2, -0.15) is 0 Å². The van der Waals surface area contributed by atoms with E-state index in [0.29, 0.717) is 13.0 Å². The summed E-state index contributed by atoms with van der Waals surface area (Å²) in [6, 6.07) is -1.35. The molecule has 4 unspecified atom stereocenters. The minimum Gasteiger partial charge on any atom is -0.400 e. The van der Waals surface area contributed by atoms with Crippen LogP contribution in [0.4, 0.5) is 4.79 Å². The third-order valence-corrected chi connectivity index (χ3v) is 4.64. The normalized spacial score (nSPS) is 25.8. The molecule has 0 saturated carbocycles. The summed E-state index contributed by atoms with van der Waals surface area (Å²) >= 11 is 0. The summed E-state index contributed by atoms with van der Waals surface area (Å²) in [5.74, 6) is -0.766. The topological polar surface area (TPSA) is 111 Å². The summed E-state index contributed by atoms with van der Waals surface area (Å²) in [5.41, 5.74) is 0.751. The highest BCUT2D eigenvalue weighted by atomic mass is 16.7. The Morgan fingerprint density at radius 2 is 1.88 bits per heavy atom. The Morgan fingerprint density at radius 3 is 2.52 bits per heavy atom. The Hall–Kier alpha value is -2.55. The molecule has 2 aliphatic rings. The predicted octanol–water partition coefficient (Wildman–Crippen LogP) is 2.62. The Balaban J connectivity index is 0.00000242. The lowest BCUT2D eigenvalue weighted by Crippen LogP contribution is -2.72. The lowest BCUT2D eigenvalue weighted by atomic mass is 10.0. The van der Waals surface area contributed by atoms with E-state index in [-0.39, 0.29) is 18.1 Å². The van der Waals surface area contributed by atoms with Crippen molar-refractivity contribution in [3.8, 4) is 0 Å². The second-order valence-electron chi connectivity index (χ2n) is 7.58. The van der Waals surface area contributed by atoms with Gasteiger partial charge in [0.2, 0.25) is 6.04 Å². The number of carbonyl (C=O) groups excluding carboxylic acids is 1. The van der Waals surface area contributed by atoms with Gasteiger partial charge in [0.25, 0.3) is 0 Å². The first-order chi connectivity index (χ1) is 15.8. The summed E-state index contributed by atoms with van der Waals surface area (Å²) in [6.45, 7) is 14.2. The molecule has 1 saturated heterocycles. The Labute approximate surface area is 198 Å². The smallest absolute Gasteiger partial charge is 0.315 e. The van der Waals surface area contributed by atoms with Crippen LogP contribution in [0.15, 0.2) is 60.8 Å². The van der Waals surface area contributed by atoms with E-state index in [2.05, 4.69) is 24.1 Å². The zero-order chi connectivity index (χ0) is 25.3. The van der Waals surface area contributed by atoms with Crippen molar-refractivity contribution in [2.45, 2.75) is 77.5 Å². The standard InChI is InChI=1S/C22H31N3O4.C2H6.CH4O/c1-5-6-7-8-11-16(2)20-19(15-28-22(3,4)29-20)24-21(26)23-17-12-9-10-13-18(14-17)25-27;2*1-2/h6-13,17-20H,2,5,14-15H2,1,3-4H3,(H2,23,24,26);1-2H3;2H,1H3/p+1/b7-6-,11-8-;;. The van der Waals surface area contributed by atoms with Crippen LogP contribution in [0.1, 0.15) is 47.5 Å². The molecule has 0 bridgehead atoms. The van der Waals surface area contributed by atoms with Crippen LogP contribution in [-0.4, -0.2) is 54.9 Å². The van der Waals surface area contributed by atoms with Gasteiger partial charge in [-0.05, 0) is 37.1 Å². The van der Waals surface area contributed by atoms with E-state index < -0.39 is 17.9 Å². The Bertz CT molecular complexity index is 713.